The van der Waals surface area contributed by atoms with Gasteiger partial charge in [-0.2, -0.15) is 0 Å². The summed E-state index contributed by atoms with van der Waals surface area (Å²) in [5, 5.41) is 0.813. The average molecular weight is 372 g/mol. The Morgan fingerprint density at radius 3 is 2.39 bits per heavy atom. The molecule has 18 heavy (non-hydrogen) atoms. The largest absolute Gasteiger partial charge is 0.497 e. The quantitative estimate of drug-likeness (QED) is 0.692. The van der Waals surface area contributed by atoms with Crippen molar-refractivity contribution in [3.05, 3.63) is 52.5 Å². The molecule has 0 bridgehead atoms. The molecule has 0 atom stereocenters. The van der Waals surface area contributed by atoms with Gasteiger partial charge in [-0.25, -0.2) is 0 Å². The van der Waals surface area contributed by atoms with E-state index in [2.05, 4.69) is 31.9 Å². The summed E-state index contributed by atoms with van der Waals surface area (Å²) in [6.07, 6.45) is 0. The third kappa shape index (κ3) is 3.27. The van der Waals surface area contributed by atoms with E-state index in [1.54, 1.807) is 7.11 Å². The van der Waals surface area contributed by atoms with Crippen molar-refractivity contribution in [3.8, 4) is 17.2 Å². The normalized spacial score (nSPS) is 10.2. The lowest BCUT2D eigenvalue weighted by Gasteiger charge is -2.09. The van der Waals surface area contributed by atoms with Crippen LogP contribution in [0.5, 0.6) is 17.2 Å². The zero-order valence-corrected chi connectivity index (χ0v) is 13.0. The number of methoxy groups -OCH3 is 1. The predicted octanol–water partition coefficient (Wildman–Crippen LogP) is 5.14. The Balaban J connectivity index is 2.20. The molecule has 0 aliphatic carbocycles. The maximum atomic E-state index is 5.78. The molecule has 2 nitrogen and oxygen atoms in total. The van der Waals surface area contributed by atoms with Crippen molar-refractivity contribution in [2.24, 2.45) is 0 Å². The van der Waals surface area contributed by atoms with E-state index in [4.69, 9.17) is 9.47 Å². The average Bonchev–Trinajstić information content (AvgIpc) is 2.39. The first-order valence-electron chi connectivity index (χ1n) is 5.39. The Kier molecular flexibility index (Phi) is 4.66. The topological polar surface area (TPSA) is 18.5 Å². The molecular formula is C14H12Br2O2. The molecule has 0 amide bonds. The van der Waals surface area contributed by atoms with Crippen molar-refractivity contribution in [1.82, 2.24) is 0 Å². The zero-order valence-electron chi connectivity index (χ0n) is 9.82. The fourth-order valence-electron chi connectivity index (χ4n) is 1.50. The van der Waals surface area contributed by atoms with Crippen LogP contribution < -0.4 is 9.47 Å². The Morgan fingerprint density at radius 1 is 1.00 bits per heavy atom. The Morgan fingerprint density at radius 2 is 1.72 bits per heavy atom. The lowest BCUT2D eigenvalue weighted by Crippen LogP contribution is -1.88. The first-order chi connectivity index (χ1) is 8.72. The summed E-state index contributed by atoms with van der Waals surface area (Å²) in [7, 11) is 1.64. The molecule has 0 radical (unpaired) electrons. The summed E-state index contributed by atoms with van der Waals surface area (Å²) in [5.74, 6) is 2.33. The van der Waals surface area contributed by atoms with Gasteiger partial charge in [0.1, 0.15) is 17.2 Å². The molecule has 0 fully saturated rings. The number of hydrogen-bond acceptors (Lipinski definition) is 2. The van der Waals surface area contributed by atoms with E-state index in [1.807, 2.05) is 42.5 Å². The Bertz CT molecular complexity index is 541. The van der Waals surface area contributed by atoms with E-state index in [0.717, 1.165) is 27.1 Å². The summed E-state index contributed by atoms with van der Waals surface area (Å²) < 4.78 is 12.0. The van der Waals surface area contributed by atoms with Crippen molar-refractivity contribution in [3.63, 3.8) is 0 Å². The Hall–Kier alpha value is -1.000. The molecule has 0 unspecified atom stereocenters. The van der Waals surface area contributed by atoms with E-state index < -0.39 is 0 Å². The minimum atomic E-state index is 0.757. The van der Waals surface area contributed by atoms with E-state index in [-0.39, 0.29) is 0 Å². The fourth-order valence-corrected chi connectivity index (χ4v) is 2.86. The second-order valence-electron chi connectivity index (χ2n) is 3.67. The van der Waals surface area contributed by atoms with Crippen LogP contribution >= 0.6 is 31.9 Å². The van der Waals surface area contributed by atoms with Gasteiger partial charge in [-0.3, -0.25) is 0 Å². The minimum Gasteiger partial charge on any atom is -0.497 e. The highest BCUT2D eigenvalue weighted by atomic mass is 79.9. The molecule has 0 aliphatic rings. The van der Waals surface area contributed by atoms with Gasteiger partial charge >= 0.3 is 0 Å². The maximum Gasteiger partial charge on any atom is 0.131 e. The van der Waals surface area contributed by atoms with Gasteiger partial charge in [-0.05, 0) is 29.8 Å². The molecule has 0 saturated carbocycles. The van der Waals surface area contributed by atoms with E-state index >= 15 is 0 Å². The number of alkyl halides is 1. The van der Waals surface area contributed by atoms with E-state index in [1.165, 1.54) is 5.56 Å². The van der Waals surface area contributed by atoms with Crippen molar-refractivity contribution in [1.29, 1.82) is 0 Å². The third-order valence-corrected chi connectivity index (χ3v) is 3.79. The molecule has 2 aromatic rings. The molecular weight excluding hydrogens is 360 g/mol. The first kappa shape index (κ1) is 13.4. The van der Waals surface area contributed by atoms with Crippen LogP contribution in [0.3, 0.4) is 0 Å². The van der Waals surface area contributed by atoms with Gasteiger partial charge in [0.25, 0.3) is 0 Å². The molecule has 2 rings (SSSR count). The van der Waals surface area contributed by atoms with Crippen LogP contribution in [0.25, 0.3) is 0 Å². The second kappa shape index (κ2) is 6.25. The van der Waals surface area contributed by atoms with Gasteiger partial charge in [-0.15, -0.1) is 0 Å². The van der Waals surface area contributed by atoms with Crippen LogP contribution in [-0.4, -0.2) is 7.11 Å². The summed E-state index contributed by atoms with van der Waals surface area (Å²) in [6, 6.07) is 13.5. The number of halogens is 2. The van der Waals surface area contributed by atoms with Gasteiger partial charge in [0.2, 0.25) is 0 Å². The highest BCUT2D eigenvalue weighted by Crippen LogP contribution is 2.29. The number of rotatable bonds is 4. The first-order valence-corrected chi connectivity index (χ1v) is 7.30. The van der Waals surface area contributed by atoms with Crippen molar-refractivity contribution >= 4 is 31.9 Å². The van der Waals surface area contributed by atoms with Crippen molar-refractivity contribution in [2.75, 3.05) is 7.11 Å². The highest BCUT2D eigenvalue weighted by molar-refractivity contribution is 9.10. The van der Waals surface area contributed by atoms with Crippen LogP contribution in [0.4, 0.5) is 0 Å². The molecule has 0 aliphatic heterocycles. The monoisotopic (exact) mass is 370 g/mol. The summed E-state index contributed by atoms with van der Waals surface area (Å²) in [4.78, 5) is 0. The van der Waals surface area contributed by atoms with Gasteiger partial charge < -0.3 is 9.47 Å². The third-order valence-electron chi connectivity index (χ3n) is 2.45. The number of hydrogen-bond donors (Lipinski definition) is 0. The van der Waals surface area contributed by atoms with Gasteiger partial charge in [0, 0.05) is 15.9 Å². The number of benzene rings is 2. The van der Waals surface area contributed by atoms with Crippen molar-refractivity contribution < 1.29 is 9.47 Å². The van der Waals surface area contributed by atoms with Gasteiger partial charge in [0.05, 0.1) is 7.11 Å². The summed E-state index contributed by atoms with van der Waals surface area (Å²) in [5.41, 5.74) is 1.19. The molecule has 0 heterocycles. The van der Waals surface area contributed by atoms with Crippen LogP contribution in [0.2, 0.25) is 0 Å². The molecule has 2 aromatic carbocycles. The standard InChI is InChI=1S/C14H12Br2O2/c1-17-11-3-2-4-12(7-11)18-13-6-5-10(9-15)14(16)8-13/h2-8H,9H2,1H3. The summed E-state index contributed by atoms with van der Waals surface area (Å²) in [6.45, 7) is 0. The van der Waals surface area contributed by atoms with E-state index in [0.29, 0.717) is 0 Å². The molecule has 0 saturated heterocycles. The van der Waals surface area contributed by atoms with E-state index in [9.17, 15) is 0 Å². The van der Waals surface area contributed by atoms with Crippen LogP contribution in [0.15, 0.2) is 46.9 Å². The maximum absolute atomic E-state index is 5.78. The van der Waals surface area contributed by atoms with Crippen LogP contribution in [-0.2, 0) is 5.33 Å². The smallest absolute Gasteiger partial charge is 0.131 e. The zero-order chi connectivity index (χ0) is 13.0. The van der Waals surface area contributed by atoms with Crippen molar-refractivity contribution in [2.45, 2.75) is 5.33 Å². The highest BCUT2D eigenvalue weighted by Gasteiger charge is 2.03. The summed E-state index contributed by atoms with van der Waals surface area (Å²) >= 11 is 6.95. The SMILES string of the molecule is COc1cccc(Oc2ccc(CBr)c(Br)c2)c1. The van der Waals surface area contributed by atoms with Crippen LogP contribution in [0, 0.1) is 0 Å². The lowest BCUT2D eigenvalue weighted by atomic mass is 10.2. The number of ether oxygens (including phenoxy) is 2. The van der Waals surface area contributed by atoms with Gasteiger partial charge in [0.15, 0.2) is 0 Å². The molecule has 94 valence electrons. The molecule has 0 N–H and O–H groups in total. The lowest BCUT2D eigenvalue weighted by molar-refractivity contribution is 0.409. The predicted molar refractivity (Wildman–Crippen MR) is 79.8 cm³/mol. The van der Waals surface area contributed by atoms with Crippen LogP contribution in [0.1, 0.15) is 5.56 Å². The molecule has 0 spiro atoms. The Labute approximate surface area is 123 Å². The minimum absolute atomic E-state index is 0.757. The molecule has 4 heteroatoms. The van der Waals surface area contributed by atoms with Gasteiger partial charge in [-0.1, -0.05) is 44.0 Å². The molecule has 0 aromatic heterocycles. The second-order valence-corrected chi connectivity index (χ2v) is 5.08. The fraction of sp³-hybridized carbons (Fsp3) is 0.143.